The van der Waals surface area contributed by atoms with E-state index in [9.17, 15) is 9.90 Å². The van der Waals surface area contributed by atoms with Crippen LogP contribution in [0.4, 0.5) is 0 Å². The number of rotatable bonds is 4. The van der Waals surface area contributed by atoms with E-state index in [1.807, 2.05) is 20.2 Å². The van der Waals surface area contributed by atoms with Gasteiger partial charge in [0.1, 0.15) is 6.04 Å². The maximum absolute atomic E-state index is 11.3. The van der Waals surface area contributed by atoms with Crippen LogP contribution in [0.5, 0.6) is 0 Å². The molecule has 1 aromatic heterocycles. The largest absolute Gasteiger partial charge is 0.480 e. The molecule has 1 unspecified atom stereocenters. The van der Waals surface area contributed by atoms with E-state index in [-0.39, 0.29) is 5.54 Å². The topological polar surface area (TPSA) is 67.2 Å². The van der Waals surface area contributed by atoms with Gasteiger partial charge >= 0.3 is 5.97 Å². The highest BCUT2D eigenvalue weighted by Crippen LogP contribution is 2.29. The summed E-state index contributed by atoms with van der Waals surface area (Å²) in [5, 5.41) is 12.4. The monoisotopic (exact) mass is 265 g/mol. The molecule has 2 N–H and O–H groups in total. The SMILES string of the molecule is CC(C)CCn1cnc2c1CC(C(=O)O)NC2(C)C. The van der Waals surface area contributed by atoms with Crippen molar-refractivity contribution in [2.45, 2.75) is 58.7 Å². The molecule has 5 heteroatoms. The summed E-state index contributed by atoms with van der Waals surface area (Å²) in [7, 11) is 0. The van der Waals surface area contributed by atoms with Gasteiger partial charge in [0.05, 0.1) is 17.6 Å². The molecule has 0 radical (unpaired) electrons. The molecule has 0 spiro atoms. The van der Waals surface area contributed by atoms with Crippen molar-refractivity contribution in [1.29, 1.82) is 0 Å². The number of nitrogens with zero attached hydrogens (tertiary/aromatic N) is 2. The molecule has 0 aromatic carbocycles. The Balaban J connectivity index is 2.29. The average molecular weight is 265 g/mol. The van der Waals surface area contributed by atoms with E-state index in [1.54, 1.807) is 0 Å². The van der Waals surface area contributed by atoms with Gasteiger partial charge in [-0.3, -0.25) is 10.1 Å². The number of aliphatic carboxylic acids is 1. The zero-order valence-electron chi connectivity index (χ0n) is 12.1. The Labute approximate surface area is 114 Å². The summed E-state index contributed by atoms with van der Waals surface area (Å²) in [4.78, 5) is 15.7. The van der Waals surface area contributed by atoms with E-state index < -0.39 is 12.0 Å². The number of carbonyl (C=O) groups is 1. The van der Waals surface area contributed by atoms with Crippen molar-refractivity contribution < 1.29 is 9.90 Å². The number of carboxylic acids is 1. The highest BCUT2D eigenvalue weighted by molar-refractivity contribution is 5.74. The molecule has 0 amide bonds. The van der Waals surface area contributed by atoms with Crippen LogP contribution in [0.1, 0.15) is 45.5 Å². The van der Waals surface area contributed by atoms with Gasteiger partial charge in [-0.2, -0.15) is 0 Å². The minimum atomic E-state index is -0.796. The number of aromatic nitrogens is 2. The summed E-state index contributed by atoms with van der Waals surface area (Å²) in [5.74, 6) is -0.168. The Hall–Kier alpha value is -1.36. The van der Waals surface area contributed by atoms with Gasteiger partial charge in [0.2, 0.25) is 0 Å². The van der Waals surface area contributed by atoms with Crippen molar-refractivity contribution in [3.05, 3.63) is 17.7 Å². The van der Waals surface area contributed by atoms with Crippen molar-refractivity contribution in [1.82, 2.24) is 14.9 Å². The van der Waals surface area contributed by atoms with Crippen LogP contribution in [0.3, 0.4) is 0 Å². The third-order valence-electron chi connectivity index (χ3n) is 3.72. The zero-order chi connectivity index (χ0) is 14.2. The molecule has 1 aromatic rings. The van der Waals surface area contributed by atoms with Crippen LogP contribution in [0, 0.1) is 5.92 Å². The maximum Gasteiger partial charge on any atom is 0.321 e. The third-order valence-corrected chi connectivity index (χ3v) is 3.72. The van der Waals surface area contributed by atoms with E-state index in [0.717, 1.165) is 24.4 Å². The molecule has 5 nitrogen and oxygen atoms in total. The Morgan fingerprint density at radius 2 is 2.32 bits per heavy atom. The number of nitrogens with one attached hydrogen (secondary N) is 1. The molecular weight excluding hydrogens is 242 g/mol. The average Bonchev–Trinajstić information content (AvgIpc) is 2.69. The zero-order valence-corrected chi connectivity index (χ0v) is 12.1. The molecule has 0 aliphatic carbocycles. The first-order valence-electron chi connectivity index (χ1n) is 6.86. The molecule has 0 saturated carbocycles. The lowest BCUT2D eigenvalue weighted by molar-refractivity contribution is -0.140. The Morgan fingerprint density at radius 3 is 2.89 bits per heavy atom. The summed E-state index contributed by atoms with van der Waals surface area (Å²) in [6.45, 7) is 9.26. The van der Waals surface area contributed by atoms with Crippen LogP contribution < -0.4 is 5.32 Å². The van der Waals surface area contributed by atoms with Crippen LogP contribution in [0.25, 0.3) is 0 Å². The number of imidazole rings is 1. The van der Waals surface area contributed by atoms with Crippen molar-refractivity contribution in [3.63, 3.8) is 0 Å². The molecule has 1 atom stereocenters. The number of aryl methyl sites for hydroxylation is 1. The first-order chi connectivity index (χ1) is 8.81. The van der Waals surface area contributed by atoms with Gasteiger partial charge < -0.3 is 9.67 Å². The maximum atomic E-state index is 11.3. The Kier molecular flexibility index (Phi) is 3.67. The summed E-state index contributed by atoms with van der Waals surface area (Å²) in [6.07, 6.45) is 3.43. The smallest absolute Gasteiger partial charge is 0.321 e. The molecule has 0 fully saturated rings. The molecule has 1 aliphatic heterocycles. The van der Waals surface area contributed by atoms with Gasteiger partial charge in [0.15, 0.2) is 0 Å². The van der Waals surface area contributed by atoms with E-state index >= 15 is 0 Å². The Bertz CT molecular complexity index is 477. The van der Waals surface area contributed by atoms with Crippen molar-refractivity contribution in [2.75, 3.05) is 0 Å². The number of fused-ring (bicyclic) bond motifs is 1. The van der Waals surface area contributed by atoms with E-state index in [2.05, 4.69) is 28.7 Å². The third kappa shape index (κ3) is 2.81. The predicted octanol–water partition coefficient (Wildman–Crippen LogP) is 1.76. The molecule has 106 valence electrons. The molecule has 2 heterocycles. The first-order valence-corrected chi connectivity index (χ1v) is 6.86. The van der Waals surface area contributed by atoms with Gasteiger partial charge in [-0.25, -0.2) is 4.98 Å². The van der Waals surface area contributed by atoms with Gasteiger partial charge in [0, 0.05) is 18.7 Å². The lowest BCUT2D eigenvalue weighted by Gasteiger charge is -2.35. The molecule has 0 bridgehead atoms. The predicted molar refractivity (Wildman–Crippen MR) is 73.0 cm³/mol. The highest BCUT2D eigenvalue weighted by atomic mass is 16.4. The number of hydrogen-bond donors (Lipinski definition) is 2. The van der Waals surface area contributed by atoms with Crippen molar-refractivity contribution >= 4 is 5.97 Å². The Morgan fingerprint density at radius 1 is 1.63 bits per heavy atom. The van der Waals surface area contributed by atoms with Crippen molar-refractivity contribution in [3.8, 4) is 0 Å². The number of hydrogen-bond acceptors (Lipinski definition) is 3. The van der Waals surface area contributed by atoms with Gasteiger partial charge in [-0.1, -0.05) is 13.8 Å². The standard InChI is InChI=1S/C14H23N3O2/c1-9(2)5-6-17-8-15-12-11(17)7-10(13(18)19)16-14(12,3)4/h8-10,16H,5-7H2,1-4H3,(H,18,19). The summed E-state index contributed by atoms with van der Waals surface area (Å²) in [6, 6.07) is -0.531. The molecule has 19 heavy (non-hydrogen) atoms. The number of carboxylic acid groups (broad SMARTS) is 1. The summed E-state index contributed by atoms with van der Waals surface area (Å²) in [5.41, 5.74) is 1.66. The first kappa shape index (κ1) is 14.1. The van der Waals surface area contributed by atoms with E-state index in [4.69, 9.17) is 0 Å². The second-order valence-corrected chi connectivity index (χ2v) is 6.28. The fourth-order valence-electron chi connectivity index (χ4n) is 2.63. The van der Waals surface area contributed by atoms with Crippen LogP contribution in [-0.2, 0) is 23.3 Å². The minimum absolute atomic E-state index is 0.389. The van der Waals surface area contributed by atoms with Gasteiger partial charge in [-0.15, -0.1) is 0 Å². The van der Waals surface area contributed by atoms with E-state index in [0.29, 0.717) is 12.3 Å². The van der Waals surface area contributed by atoms with Crippen molar-refractivity contribution in [2.24, 2.45) is 5.92 Å². The van der Waals surface area contributed by atoms with Crippen LogP contribution in [-0.4, -0.2) is 26.7 Å². The second kappa shape index (κ2) is 4.96. The van der Waals surface area contributed by atoms with Crippen LogP contribution in [0.15, 0.2) is 6.33 Å². The molecular formula is C14H23N3O2. The molecule has 2 rings (SSSR count). The van der Waals surface area contributed by atoms with E-state index in [1.165, 1.54) is 0 Å². The minimum Gasteiger partial charge on any atom is -0.480 e. The fourth-order valence-corrected chi connectivity index (χ4v) is 2.63. The molecule has 0 saturated heterocycles. The fraction of sp³-hybridized carbons (Fsp3) is 0.714. The quantitative estimate of drug-likeness (QED) is 0.870. The van der Waals surface area contributed by atoms with Crippen LogP contribution in [0.2, 0.25) is 0 Å². The molecule has 1 aliphatic rings. The second-order valence-electron chi connectivity index (χ2n) is 6.28. The summed E-state index contributed by atoms with van der Waals surface area (Å²) >= 11 is 0. The summed E-state index contributed by atoms with van der Waals surface area (Å²) < 4.78 is 2.12. The van der Waals surface area contributed by atoms with Gasteiger partial charge in [-0.05, 0) is 26.2 Å². The normalized spacial score (nSPS) is 21.4. The lowest BCUT2D eigenvalue weighted by Crippen LogP contribution is -2.53. The highest BCUT2D eigenvalue weighted by Gasteiger charge is 2.38. The van der Waals surface area contributed by atoms with Gasteiger partial charge in [0.25, 0.3) is 0 Å². The van der Waals surface area contributed by atoms with Crippen LogP contribution >= 0.6 is 0 Å². The lowest BCUT2D eigenvalue weighted by atomic mass is 9.89.